The first kappa shape index (κ1) is 14.3. The van der Waals surface area contributed by atoms with Crippen LogP contribution in [0, 0.1) is 6.92 Å². The number of rotatable bonds is 4. The van der Waals surface area contributed by atoms with Crippen molar-refractivity contribution in [1.29, 1.82) is 0 Å². The molecule has 1 aromatic heterocycles. The van der Waals surface area contributed by atoms with Gasteiger partial charge >= 0.3 is 5.97 Å². The Bertz CT molecular complexity index is 668. The minimum atomic E-state index is -0.502. The highest BCUT2D eigenvalue weighted by molar-refractivity contribution is 6.29. The van der Waals surface area contributed by atoms with Gasteiger partial charge in [0.15, 0.2) is 0 Å². The number of nitrogens with zero attached hydrogens (tertiary/aromatic N) is 2. The van der Waals surface area contributed by atoms with Crippen molar-refractivity contribution < 1.29 is 9.53 Å². The zero-order valence-corrected chi connectivity index (χ0v) is 11.6. The third kappa shape index (κ3) is 3.68. The molecule has 0 saturated carbocycles. The molecular formula is C14H13ClN2O3. The van der Waals surface area contributed by atoms with Gasteiger partial charge in [0.25, 0.3) is 5.56 Å². The lowest BCUT2D eigenvalue weighted by Crippen LogP contribution is -2.27. The van der Waals surface area contributed by atoms with E-state index in [1.54, 1.807) is 6.92 Å². The number of halogens is 1. The zero-order valence-electron chi connectivity index (χ0n) is 10.9. The Morgan fingerprint density at radius 3 is 2.75 bits per heavy atom. The standard InChI is InChI=1S/C14H13ClN2O3/c1-10-14(19)17(7-12(15)16-10)8-13(18)20-9-11-5-3-2-4-6-11/h2-7H,8-9H2,1H3. The quantitative estimate of drug-likeness (QED) is 0.808. The summed E-state index contributed by atoms with van der Waals surface area (Å²) in [4.78, 5) is 27.3. The molecule has 0 aliphatic rings. The summed E-state index contributed by atoms with van der Waals surface area (Å²) >= 11 is 5.76. The molecule has 0 radical (unpaired) electrons. The van der Waals surface area contributed by atoms with E-state index in [2.05, 4.69) is 4.98 Å². The van der Waals surface area contributed by atoms with Crippen LogP contribution in [0.5, 0.6) is 0 Å². The Kier molecular flexibility index (Phi) is 4.53. The number of carbonyl (C=O) groups excluding carboxylic acids is 1. The summed E-state index contributed by atoms with van der Waals surface area (Å²) in [5, 5.41) is 0.165. The molecule has 0 unspecified atom stereocenters. The molecule has 0 fully saturated rings. The molecule has 2 rings (SSSR count). The van der Waals surface area contributed by atoms with Crippen molar-refractivity contribution in [2.24, 2.45) is 0 Å². The first-order chi connectivity index (χ1) is 9.56. The number of aryl methyl sites for hydroxylation is 1. The van der Waals surface area contributed by atoms with Crippen LogP contribution in [-0.2, 0) is 22.7 Å². The minimum absolute atomic E-state index is 0.165. The van der Waals surface area contributed by atoms with Crippen molar-refractivity contribution in [2.45, 2.75) is 20.1 Å². The fraction of sp³-hybridized carbons (Fsp3) is 0.214. The third-order valence-electron chi connectivity index (χ3n) is 2.65. The summed E-state index contributed by atoms with van der Waals surface area (Å²) < 4.78 is 6.30. The first-order valence-corrected chi connectivity index (χ1v) is 6.37. The monoisotopic (exact) mass is 292 g/mol. The molecule has 0 amide bonds. The maximum Gasteiger partial charge on any atom is 0.326 e. The molecule has 0 spiro atoms. The van der Waals surface area contributed by atoms with E-state index in [-0.39, 0.29) is 29.6 Å². The normalized spacial score (nSPS) is 10.3. The number of benzene rings is 1. The van der Waals surface area contributed by atoms with Crippen molar-refractivity contribution >= 4 is 17.6 Å². The Morgan fingerprint density at radius 2 is 2.05 bits per heavy atom. The molecule has 0 atom stereocenters. The Morgan fingerprint density at radius 1 is 1.35 bits per heavy atom. The van der Waals surface area contributed by atoms with Crippen LogP contribution in [0.4, 0.5) is 0 Å². The molecule has 0 aliphatic carbocycles. The largest absolute Gasteiger partial charge is 0.459 e. The van der Waals surface area contributed by atoms with Gasteiger partial charge in [-0.15, -0.1) is 0 Å². The van der Waals surface area contributed by atoms with Crippen LogP contribution in [0.3, 0.4) is 0 Å². The van der Waals surface area contributed by atoms with E-state index in [4.69, 9.17) is 16.3 Å². The van der Waals surface area contributed by atoms with Crippen LogP contribution in [0.2, 0.25) is 5.15 Å². The van der Waals surface area contributed by atoms with Crippen molar-refractivity contribution in [3.8, 4) is 0 Å². The second-order valence-corrected chi connectivity index (χ2v) is 4.62. The number of aromatic nitrogens is 2. The number of carbonyl (C=O) groups is 1. The van der Waals surface area contributed by atoms with Gasteiger partial charge in [-0.3, -0.25) is 14.2 Å². The van der Waals surface area contributed by atoms with E-state index < -0.39 is 5.97 Å². The van der Waals surface area contributed by atoms with Crippen LogP contribution in [0.15, 0.2) is 41.3 Å². The topological polar surface area (TPSA) is 61.2 Å². The second-order valence-electron chi connectivity index (χ2n) is 4.23. The zero-order chi connectivity index (χ0) is 14.5. The van der Waals surface area contributed by atoms with Crippen LogP contribution < -0.4 is 5.56 Å². The number of hydrogen-bond donors (Lipinski definition) is 0. The highest BCUT2D eigenvalue weighted by atomic mass is 35.5. The lowest BCUT2D eigenvalue weighted by atomic mass is 10.2. The molecule has 1 aromatic carbocycles. The smallest absolute Gasteiger partial charge is 0.326 e. The molecule has 20 heavy (non-hydrogen) atoms. The Labute approximate surface area is 120 Å². The third-order valence-corrected chi connectivity index (χ3v) is 2.83. The molecule has 0 N–H and O–H groups in total. The average Bonchev–Trinajstić information content (AvgIpc) is 2.43. The van der Waals surface area contributed by atoms with Gasteiger partial charge in [-0.1, -0.05) is 41.9 Å². The Balaban J connectivity index is 2.00. The van der Waals surface area contributed by atoms with Gasteiger partial charge in [0.1, 0.15) is 24.0 Å². The van der Waals surface area contributed by atoms with E-state index in [0.717, 1.165) is 5.56 Å². The van der Waals surface area contributed by atoms with Crippen molar-refractivity contribution in [2.75, 3.05) is 0 Å². The number of ether oxygens (including phenoxy) is 1. The van der Waals surface area contributed by atoms with Gasteiger partial charge < -0.3 is 4.74 Å². The van der Waals surface area contributed by atoms with Gasteiger partial charge in [0.2, 0.25) is 0 Å². The molecule has 5 nitrogen and oxygen atoms in total. The van der Waals surface area contributed by atoms with Crippen LogP contribution in [0.25, 0.3) is 0 Å². The van der Waals surface area contributed by atoms with Crippen LogP contribution >= 0.6 is 11.6 Å². The van der Waals surface area contributed by atoms with Crippen molar-refractivity contribution in [3.05, 3.63) is 63.3 Å². The number of esters is 1. The lowest BCUT2D eigenvalue weighted by Gasteiger charge is -2.08. The van der Waals surface area contributed by atoms with Crippen LogP contribution in [-0.4, -0.2) is 15.5 Å². The van der Waals surface area contributed by atoms with Gasteiger partial charge in [-0.05, 0) is 12.5 Å². The van der Waals surface area contributed by atoms with Crippen LogP contribution in [0.1, 0.15) is 11.3 Å². The second kappa shape index (κ2) is 6.34. The van der Waals surface area contributed by atoms with E-state index in [9.17, 15) is 9.59 Å². The van der Waals surface area contributed by atoms with E-state index >= 15 is 0 Å². The average molecular weight is 293 g/mol. The molecule has 104 valence electrons. The fourth-order valence-electron chi connectivity index (χ4n) is 1.67. The first-order valence-electron chi connectivity index (χ1n) is 5.99. The molecular weight excluding hydrogens is 280 g/mol. The number of hydrogen-bond acceptors (Lipinski definition) is 4. The summed E-state index contributed by atoms with van der Waals surface area (Å²) in [6.45, 7) is 1.53. The predicted molar refractivity (Wildman–Crippen MR) is 74.5 cm³/mol. The van der Waals surface area contributed by atoms with Crippen molar-refractivity contribution in [3.63, 3.8) is 0 Å². The summed E-state index contributed by atoms with van der Waals surface area (Å²) in [6.07, 6.45) is 1.32. The lowest BCUT2D eigenvalue weighted by molar-refractivity contribution is -0.145. The van der Waals surface area contributed by atoms with Gasteiger partial charge in [-0.25, -0.2) is 4.98 Å². The maximum absolute atomic E-state index is 11.8. The molecule has 0 saturated heterocycles. The highest BCUT2D eigenvalue weighted by Crippen LogP contribution is 2.03. The van der Waals surface area contributed by atoms with Crippen molar-refractivity contribution in [1.82, 2.24) is 9.55 Å². The summed E-state index contributed by atoms with van der Waals surface area (Å²) in [5.74, 6) is -0.502. The molecule has 0 bridgehead atoms. The van der Waals surface area contributed by atoms with Gasteiger partial charge in [0, 0.05) is 6.20 Å². The molecule has 2 aromatic rings. The van der Waals surface area contributed by atoms with Gasteiger partial charge in [-0.2, -0.15) is 0 Å². The summed E-state index contributed by atoms with van der Waals surface area (Å²) in [6, 6.07) is 9.31. The van der Waals surface area contributed by atoms with Gasteiger partial charge in [0.05, 0.1) is 0 Å². The van der Waals surface area contributed by atoms with E-state index in [1.807, 2.05) is 30.3 Å². The van der Waals surface area contributed by atoms with E-state index in [0.29, 0.717) is 0 Å². The summed E-state index contributed by atoms with van der Waals surface area (Å²) in [5.41, 5.74) is 0.775. The SMILES string of the molecule is Cc1nc(Cl)cn(CC(=O)OCc2ccccc2)c1=O. The molecule has 1 heterocycles. The fourth-order valence-corrected chi connectivity index (χ4v) is 1.92. The van der Waals surface area contributed by atoms with E-state index in [1.165, 1.54) is 10.8 Å². The highest BCUT2D eigenvalue weighted by Gasteiger charge is 2.09. The molecule has 6 heteroatoms. The minimum Gasteiger partial charge on any atom is -0.459 e. The predicted octanol–water partition coefficient (Wildman–Crippen LogP) is 1.95. The maximum atomic E-state index is 11.8. The Hall–Kier alpha value is -2.14. The molecule has 0 aliphatic heterocycles. The summed E-state index contributed by atoms with van der Waals surface area (Å²) in [7, 11) is 0.